The molecule has 0 fully saturated rings. The molecule has 0 aliphatic rings. The van der Waals surface area contributed by atoms with Gasteiger partial charge in [0.05, 0.1) is 11.8 Å². The first-order chi connectivity index (χ1) is 7.82. The van der Waals surface area contributed by atoms with Crippen LogP contribution in [0, 0.1) is 18.3 Å². The highest BCUT2D eigenvalue weighted by Crippen LogP contribution is 1.98. The summed E-state index contributed by atoms with van der Waals surface area (Å²) in [7, 11) is -1.98. The minimum absolute atomic E-state index is 0.0321. The second-order valence-electron chi connectivity index (χ2n) is 3.81. The lowest BCUT2D eigenvalue weighted by Gasteiger charge is -2.16. The summed E-state index contributed by atoms with van der Waals surface area (Å²) >= 11 is 0. The van der Waals surface area contributed by atoms with E-state index in [1.54, 1.807) is 0 Å². The molecule has 3 N–H and O–H groups in total. The molecule has 0 aromatic rings. The van der Waals surface area contributed by atoms with Crippen molar-refractivity contribution >= 4 is 16.1 Å². The number of amides is 2. The van der Waals surface area contributed by atoms with Crippen LogP contribution in [0.2, 0.25) is 0 Å². The number of hydrogen-bond donors (Lipinski definition) is 3. The van der Waals surface area contributed by atoms with Crippen molar-refractivity contribution in [2.75, 3.05) is 19.3 Å². The molecule has 1 unspecified atom stereocenters. The van der Waals surface area contributed by atoms with Crippen molar-refractivity contribution in [1.82, 2.24) is 15.4 Å². The lowest BCUT2D eigenvalue weighted by Crippen LogP contribution is -2.45. The molecule has 0 aromatic heterocycles. The Labute approximate surface area is 103 Å². The van der Waals surface area contributed by atoms with Gasteiger partial charge in [-0.25, -0.2) is 17.9 Å². The largest absolute Gasteiger partial charge is 0.337 e. The van der Waals surface area contributed by atoms with Crippen LogP contribution >= 0.6 is 0 Å². The number of nitrogens with one attached hydrogen (secondary N) is 3. The number of sulfonamides is 1. The molecule has 17 heavy (non-hydrogen) atoms. The van der Waals surface area contributed by atoms with Crippen LogP contribution in [-0.4, -0.2) is 39.8 Å². The first-order valence-electron chi connectivity index (χ1n) is 5.24. The van der Waals surface area contributed by atoms with Gasteiger partial charge in [0, 0.05) is 6.54 Å². The molecule has 0 aliphatic carbocycles. The fourth-order valence-electron chi connectivity index (χ4n) is 0.994. The molecule has 0 saturated carbocycles. The minimum Gasteiger partial charge on any atom is -0.337 e. The Balaban J connectivity index is 4.01. The third kappa shape index (κ3) is 6.81. The number of urea groups is 1. The van der Waals surface area contributed by atoms with Gasteiger partial charge in [-0.3, -0.25) is 0 Å². The van der Waals surface area contributed by atoms with E-state index in [0.29, 0.717) is 0 Å². The molecule has 0 aliphatic heterocycles. The number of rotatable bonds is 6. The summed E-state index contributed by atoms with van der Waals surface area (Å²) < 4.78 is 24.3. The zero-order chi connectivity index (χ0) is 13.5. The minimum atomic E-state index is -3.30. The predicted molar refractivity (Wildman–Crippen MR) is 66.8 cm³/mol. The molecule has 2 amide bonds. The van der Waals surface area contributed by atoms with Crippen molar-refractivity contribution in [2.45, 2.75) is 19.9 Å². The van der Waals surface area contributed by atoms with Gasteiger partial charge in [-0.2, -0.15) is 0 Å². The molecule has 0 bridgehead atoms. The van der Waals surface area contributed by atoms with Gasteiger partial charge in [0.25, 0.3) is 0 Å². The van der Waals surface area contributed by atoms with Crippen LogP contribution in [0.25, 0.3) is 0 Å². The van der Waals surface area contributed by atoms with E-state index in [9.17, 15) is 13.2 Å². The third-order valence-electron chi connectivity index (χ3n) is 2.10. The summed E-state index contributed by atoms with van der Waals surface area (Å²) in [5.74, 6) is 2.40. The van der Waals surface area contributed by atoms with Gasteiger partial charge in [0.1, 0.15) is 0 Å². The summed E-state index contributed by atoms with van der Waals surface area (Å²) in [6, 6.07) is -0.830. The molecule has 0 heterocycles. The zero-order valence-electron chi connectivity index (χ0n) is 10.3. The molecule has 1 atom stereocenters. The predicted octanol–water partition coefficient (Wildman–Crippen LogP) is -0.507. The van der Waals surface area contributed by atoms with Crippen molar-refractivity contribution in [3.05, 3.63) is 0 Å². The van der Waals surface area contributed by atoms with Crippen molar-refractivity contribution in [3.63, 3.8) is 0 Å². The molecular weight excluding hydrogens is 242 g/mol. The third-order valence-corrected chi connectivity index (χ3v) is 3.46. The van der Waals surface area contributed by atoms with Gasteiger partial charge >= 0.3 is 6.03 Å². The van der Waals surface area contributed by atoms with Gasteiger partial charge in [-0.1, -0.05) is 19.8 Å². The molecule has 0 rings (SSSR count). The Morgan fingerprint density at radius 2 is 2.00 bits per heavy atom. The van der Waals surface area contributed by atoms with Crippen LogP contribution in [-0.2, 0) is 10.0 Å². The van der Waals surface area contributed by atoms with Crippen molar-refractivity contribution < 1.29 is 13.2 Å². The van der Waals surface area contributed by atoms with E-state index in [4.69, 9.17) is 6.42 Å². The highest BCUT2D eigenvalue weighted by molar-refractivity contribution is 7.89. The van der Waals surface area contributed by atoms with E-state index in [1.807, 2.05) is 13.8 Å². The summed E-state index contributed by atoms with van der Waals surface area (Å²) in [6.07, 6.45) is 5.24. The lowest BCUT2D eigenvalue weighted by molar-refractivity contribution is 0.237. The number of carbonyl (C=O) groups is 1. The second-order valence-corrected chi connectivity index (χ2v) is 5.86. The summed E-state index contributed by atoms with van der Waals surface area (Å²) in [4.78, 5) is 11.4. The van der Waals surface area contributed by atoms with Gasteiger partial charge in [-0.15, -0.1) is 6.42 Å². The van der Waals surface area contributed by atoms with Crippen LogP contribution in [0.3, 0.4) is 0 Å². The van der Waals surface area contributed by atoms with E-state index >= 15 is 0 Å². The highest BCUT2D eigenvalue weighted by atomic mass is 32.2. The fraction of sp³-hybridized carbons (Fsp3) is 0.700. The van der Waals surface area contributed by atoms with E-state index in [-0.39, 0.29) is 24.3 Å². The Bertz CT molecular complexity index is 384. The zero-order valence-corrected chi connectivity index (χ0v) is 11.1. The molecule has 0 radical (unpaired) electrons. The fourth-order valence-corrected chi connectivity index (χ4v) is 1.57. The summed E-state index contributed by atoms with van der Waals surface area (Å²) in [6.45, 7) is 3.80. The average Bonchev–Trinajstić information content (AvgIpc) is 2.25. The maximum absolute atomic E-state index is 11.4. The van der Waals surface area contributed by atoms with Crippen LogP contribution in [0.1, 0.15) is 13.8 Å². The number of carbonyl (C=O) groups excluding carboxylic acids is 1. The quantitative estimate of drug-likeness (QED) is 0.563. The molecule has 98 valence electrons. The van der Waals surface area contributed by atoms with Crippen molar-refractivity contribution in [2.24, 2.45) is 5.92 Å². The van der Waals surface area contributed by atoms with E-state index in [0.717, 1.165) is 0 Å². The van der Waals surface area contributed by atoms with E-state index in [2.05, 4.69) is 21.3 Å². The monoisotopic (exact) mass is 261 g/mol. The molecule has 0 aromatic carbocycles. The SMILES string of the molecule is C#CC(NC(=O)NCCS(=O)(=O)NC)C(C)C. The number of hydrogen-bond acceptors (Lipinski definition) is 3. The Morgan fingerprint density at radius 3 is 2.41 bits per heavy atom. The van der Waals surface area contributed by atoms with Crippen LogP contribution in [0.4, 0.5) is 4.79 Å². The highest BCUT2D eigenvalue weighted by Gasteiger charge is 2.13. The van der Waals surface area contributed by atoms with Gasteiger partial charge in [0.2, 0.25) is 10.0 Å². The first kappa shape index (κ1) is 15.7. The normalized spacial score (nSPS) is 12.9. The standard InChI is InChI=1S/C10H19N3O3S/c1-5-9(8(2)3)13-10(14)12-6-7-17(15,16)11-4/h1,8-9,11H,6-7H2,2-4H3,(H2,12,13,14). The van der Waals surface area contributed by atoms with Crippen LogP contribution in [0.15, 0.2) is 0 Å². The maximum Gasteiger partial charge on any atom is 0.315 e. The summed E-state index contributed by atoms with van der Waals surface area (Å²) in [5, 5.41) is 5.00. The smallest absolute Gasteiger partial charge is 0.315 e. The second kappa shape index (κ2) is 7.14. The van der Waals surface area contributed by atoms with Gasteiger partial charge < -0.3 is 10.6 Å². The van der Waals surface area contributed by atoms with Crippen LogP contribution in [0.5, 0.6) is 0 Å². The first-order valence-corrected chi connectivity index (χ1v) is 6.89. The van der Waals surface area contributed by atoms with E-state index in [1.165, 1.54) is 7.05 Å². The van der Waals surface area contributed by atoms with E-state index < -0.39 is 16.1 Å². The topological polar surface area (TPSA) is 87.3 Å². The Kier molecular flexibility index (Phi) is 6.61. The molecule has 0 spiro atoms. The van der Waals surface area contributed by atoms with Gasteiger partial charge in [-0.05, 0) is 13.0 Å². The average molecular weight is 261 g/mol. The molecule has 6 nitrogen and oxygen atoms in total. The van der Waals surface area contributed by atoms with Crippen LogP contribution < -0.4 is 15.4 Å². The lowest BCUT2D eigenvalue weighted by atomic mass is 10.1. The molecule has 7 heteroatoms. The summed E-state index contributed by atoms with van der Waals surface area (Å²) in [5.41, 5.74) is 0. The number of terminal acetylenes is 1. The van der Waals surface area contributed by atoms with Crippen molar-refractivity contribution in [3.8, 4) is 12.3 Å². The van der Waals surface area contributed by atoms with Gasteiger partial charge in [0.15, 0.2) is 0 Å². The maximum atomic E-state index is 11.4. The van der Waals surface area contributed by atoms with Crippen molar-refractivity contribution in [1.29, 1.82) is 0 Å². The molecular formula is C10H19N3O3S. The Hall–Kier alpha value is -1.26. The molecule has 0 saturated heterocycles. The Morgan fingerprint density at radius 1 is 1.41 bits per heavy atom.